The zero-order valence-electron chi connectivity index (χ0n) is 10.9. The number of carboxylic acid groups (broad SMARTS) is 1. The number of carboxylic acids is 1. The first-order valence-corrected chi connectivity index (χ1v) is 6.61. The van der Waals surface area contributed by atoms with Crippen molar-refractivity contribution in [2.75, 3.05) is 0 Å². The fraction of sp³-hybridized carbons (Fsp3) is 0.429. The van der Waals surface area contributed by atoms with E-state index in [1.54, 1.807) is 12.1 Å². The first-order chi connectivity index (χ1) is 8.97. The number of hydrogen-bond acceptors (Lipinski definition) is 2. The van der Waals surface area contributed by atoms with Gasteiger partial charge in [0.05, 0.1) is 6.42 Å². The first kappa shape index (κ1) is 15.5. The fourth-order valence-corrected chi connectivity index (χ4v) is 1.87. The van der Waals surface area contributed by atoms with Crippen LogP contribution in [-0.2, 0) is 16.0 Å². The molecule has 0 bridgehead atoms. The molecule has 0 aliphatic rings. The molecule has 1 atom stereocenters. The van der Waals surface area contributed by atoms with Crippen molar-refractivity contribution in [1.29, 1.82) is 0 Å². The molecule has 0 fully saturated rings. The Bertz CT molecular complexity index is 431. The molecule has 0 aliphatic heterocycles. The van der Waals surface area contributed by atoms with Gasteiger partial charge in [-0.3, -0.25) is 9.59 Å². The molecule has 1 unspecified atom stereocenters. The summed E-state index contributed by atoms with van der Waals surface area (Å²) < 4.78 is 0. The van der Waals surface area contributed by atoms with Gasteiger partial charge in [0.15, 0.2) is 0 Å². The van der Waals surface area contributed by atoms with Gasteiger partial charge in [-0.1, -0.05) is 23.7 Å². The Labute approximate surface area is 117 Å². The molecular formula is C14H18ClNO3. The van der Waals surface area contributed by atoms with Gasteiger partial charge in [0.2, 0.25) is 5.91 Å². The molecule has 0 aromatic heterocycles. The van der Waals surface area contributed by atoms with Crippen LogP contribution in [0.1, 0.15) is 31.7 Å². The molecule has 0 spiro atoms. The number of amides is 1. The number of halogens is 1. The third kappa shape index (κ3) is 6.82. The third-order valence-electron chi connectivity index (χ3n) is 2.71. The molecule has 104 valence electrons. The van der Waals surface area contributed by atoms with Crippen LogP contribution in [0, 0.1) is 0 Å². The van der Waals surface area contributed by atoms with E-state index in [1.165, 1.54) is 0 Å². The number of benzene rings is 1. The summed E-state index contributed by atoms with van der Waals surface area (Å²) >= 11 is 5.77. The van der Waals surface area contributed by atoms with Gasteiger partial charge >= 0.3 is 5.97 Å². The molecular weight excluding hydrogens is 266 g/mol. The van der Waals surface area contributed by atoms with E-state index in [0.717, 1.165) is 5.56 Å². The average Bonchev–Trinajstić information content (AvgIpc) is 2.31. The van der Waals surface area contributed by atoms with Crippen molar-refractivity contribution >= 4 is 23.5 Å². The Kier molecular flexibility index (Phi) is 6.36. The molecule has 1 amide bonds. The van der Waals surface area contributed by atoms with Crippen molar-refractivity contribution in [3.63, 3.8) is 0 Å². The predicted molar refractivity (Wildman–Crippen MR) is 74.2 cm³/mol. The predicted octanol–water partition coefficient (Wildman–Crippen LogP) is 2.64. The summed E-state index contributed by atoms with van der Waals surface area (Å²) in [5.74, 6) is -0.871. The van der Waals surface area contributed by atoms with Gasteiger partial charge in [-0.25, -0.2) is 0 Å². The van der Waals surface area contributed by atoms with Gasteiger partial charge in [-0.15, -0.1) is 0 Å². The number of rotatable bonds is 7. The van der Waals surface area contributed by atoms with Gasteiger partial charge < -0.3 is 10.4 Å². The number of aliphatic carboxylic acids is 1. The Balaban J connectivity index is 2.30. The lowest BCUT2D eigenvalue weighted by Crippen LogP contribution is -2.33. The van der Waals surface area contributed by atoms with Crippen LogP contribution in [0.2, 0.25) is 5.02 Å². The lowest BCUT2D eigenvalue weighted by Gasteiger charge is -2.13. The molecule has 0 saturated heterocycles. The van der Waals surface area contributed by atoms with Crippen LogP contribution in [0.5, 0.6) is 0 Å². The van der Waals surface area contributed by atoms with Gasteiger partial charge in [-0.2, -0.15) is 0 Å². The maximum atomic E-state index is 11.7. The van der Waals surface area contributed by atoms with Crippen molar-refractivity contribution < 1.29 is 14.7 Å². The van der Waals surface area contributed by atoms with Crippen molar-refractivity contribution in [2.45, 2.75) is 38.6 Å². The SMILES string of the molecule is CC(CCCC(=O)O)NC(=O)Cc1ccc(Cl)cc1. The highest BCUT2D eigenvalue weighted by Crippen LogP contribution is 2.10. The quantitative estimate of drug-likeness (QED) is 0.808. The van der Waals surface area contributed by atoms with Crippen molar-refractivity contribution in [3.05, 3.63) is 34.9 Å². The van der Waals surface area contributed by atoms with Crippen LogP contribution in [0.3, 0.4) is 0 Å². The van der Waals surface area contributed by atoms with Crippen LogP contribution in [-0.4, -0.2) is 23.0 Å². The smallest absolute Gasteiger partial charge is 0.303 e. The molecule has 5 heteroatoms. The van der Waals surface area contributed by atoms with Gasteiger partial charge in [0, 0.05) is 17.5 Å². The van der Waals surface area contributed by atoms with Gasteiger partial charge in [0.1, 0.15) is 0 Å². The second kappa shape index (κ2) is 7.79. The zero-order chi connectivity index (χ0) is 14.3. The number of hydrogen-bond donors (Lipinski definition) is 2. The van der Waals surface area contributed by atoms with Crippen LogP contribution in [0.25, 0.3) is 0 Å². The molecule has 0 heterocycles. The van der Waals surface area contributed by atoms with Crippen molar-refractivity contribution in [2.24, 2.45) is 0 Å². The van der Waals surface area contributed by atoms with E-state index >= 15 is 0 Å². The molecule has 0 radical (unpaired) electrons. The number of carbonyl (C=O) groups excluding carboxylic acids is 1. The summed E-state index contributed by atoms with van der Waals surface area (Å²) in [7, 11) is 0. The molecule has 1 rings (SSSR count). The maximum Gasteiger partial charge on any atom is 0.303 e. The van der Waals surface area contributed by atoms with Crippen molar-refractivity contribution in [3.8, 4) is 0 Å². The second-order valence-corrected chi connectivity index (χ2v) is 4.99. The largest absolute Gasteiger partial charge is 0.481 e. The summed E-state index contributed by atoms with van der Waals surface area (Å²) in [6, 6.07) is 7.12. The van der Waals surface area contributed by atoms with Crippen LogP contribution < -0.4 is 5.32 Å². The van der Waals surface area contributed by atoms with E-state index in [0.29, 0.717) is 24.3 Å². The molecule has 1 aromatic carbocycles. The summed E-state index contributed by atoms with van der Waals surface area (Å²) in [5, 5.41) is 12.0. The van der Waals surface area contributed by atoms with Crippen LogP contribution in [0.4, 0.5) is 0 Å². The Morgan fingerprint density at radius 3 is 2.53 bits per heavy atom. The monoisotopic (exact) mass is 283 g/mol. The third-order valence-corrected chi connectivity index (χ3v) is 2.97. The highest BCUT2D eigenvalue weighted by Gasteiger charge is 2.09. The van der Waals surface area contributed by atoms with Crippen LogP contribution in [0.15, 0.2) is 24.3 Å². The highest BCUT2D eigenvalue weighted by molar-refractivity contribution is 6.30. The minimum atomic E-state index is -0.806. The lowest BCUT2D eigenvalue weighted by molar-refractivity contribution is -0.137. The van der Waals surface area contributed by atoms with Gasteiger partial charge in [-0.05, 0) is 37.5 Å². The standard InChI is InChI=1S/C14H18ClNO3/c1-10(3-2-4-14(18)19)16-13(17)9-11-5-7-12(15)8-6-11/h5-8,10H,2-4,9H2,1H3,(H,16,17)(H,18,19). The first-order valence-electron chi connectivity index (χ1n) is 6.23. The van der Waals surface area contributed by atoms with E-state index in [4.69, 9.17) is 16.7 Å². The van der Waals surface area contributed by atoms with E-state index in [-0.39, 0.29) is 18.4 Å². The summed E-state index contributed by atoms with van der Waals surface area (Å²) in [6.45, 7) is 1.88. The lowest BCUT2D eigenvalue weighted by atomic mass is 10.1. The van der Waals surface area contributed by atoms with E-state index in [2.05, 4.69) is 5.32 Å². The normalized spacial score (nSPS) is 11.9. The van der Waals surface area contributed by atoms with Crippen LogP contribution >= 0.6 is 11.6 Å². The highest BCUT2D eigenvalue weighted by atomic mass is 35.5. The van der Waals surface area contributed by atoms with E-state index < -0.39 is 5.97 Å². The maximum absolute atomic E-state index is 11.7. The molecule has 0 aliphatic carbocycles. The summed E-state index contributed by atoms with van der Waals surface area (Å²) in [5.41, 5.74) is 0.902. The molecule has 0 saturated carbocycles. The van der Waals surface area contributed by atoms with Gasteiger partial charge in [0.25, 0.3) is 0 Å². The molecule has 2 N–H and O–H groups in total. The topological polar surface area (TPSA) is 66.4 Å². The minimum Gasteiger partial charge on any atom is -0.481 e. The summed E-state index contributed by atoms with van der Waals surface area (Å²) in [4.78, 5) is 22.1. The van der Waals surface area contributed by atoms with E-state index in [9.17, 15) is 9.59 Å². The molecule has 4 nitrogen and oxygen atoms in total. The Hall–Kier alpha value is -1.55. The fourth-order valence-electron chi connectivity index (χ4n) is 1.75. The Morgan fingerprint density at radius 2 is 1.95 bits per heavy atom. The van der Waals surface area contributed by atoms with E-state index in [1.807, 2.05) is 19.1 Å². The Morgan fingerprint density at radius 1 is 1.32 bits per heavy atom. The second-order valence-electron chi connectivity index (χ2n) is 4.56. The number of carbonyl (C=O) groups is 2. The van der Waals surface area contributed by atoms with Crippen molar-refractivity contribution in [1.82, 2.24) is 5.32 Å². The molecule has 1 aromatic rings. The summed E-state index contributed by atoms with van der Waals surface area (Å²) in [6.07, 6.45) is 1.67. The number of nitrogens with one attached hydrogen (secondary N) is 1. The minimum absolute atomic E-state index is 0.0147. The zero-order valence-corrected chi connectivity index (χ0v) is 11.6. The average molecular weight is 284 g/mol. The molecule has 19 heavy (non-hydrogen) atoms.